The minimum absolute atomic E-state index is 0.0197. The normalized spacial score (nSPS) is 21.5. The van der Waals surface area contributed by atoms with E-state index >= 15 is 0 Å². The third-order valence-electron chi connectivity index (χ3n) is 5.36. The molecule has 0 bridgehead atoms. The lowest BCUT2D eigenvalue weighted by atomic mass is 9.86. The molecule has 2 N–H and O–H groups in total. The van der Waals surface area contributed by atoms with Crippen LogP contribution in [0.5, 0.6) is 0 Å². The average molecular weight is 358 g/mol. The van der Waals surface area contributed by atoms with E-state index in [-0.39, 0.29) is 23.9 Å². The molecule has 26 heavy (non-hydrogen) atoms. The molecule has 7 heteroatoms. The Bertz CT molecular complexity index is 822. The van der Waals surface area contributed by atoms with E-state index in [2.05, 4.69) is 29.2 Å². The second-order valence-electron chi connectivity index (χ2n) is 7.26. The van der Waals surface area contributed by atoms with Gasteiger partial charge in [-0.1, -0.05) is 6.92 Å². The second kappa shape index (κ2) is 7.43. The third kappa shape index (κ3) is 3.57. The molecular formula is C19H26N4O3. The van der Waals surface area contributed by atoms with Crippen LogP contribution in [0.1, 0.15) is 68.0 Å². The van der Waals surface area contributed by atoms with Crippen LogP contribution in [0.2, 0.25) is 0 Å². The Kier molecular flexibility index (Phi) is 5.25. The molecule has 140 valence electrons. The highest BCUT2D eigenvalue weighted by atomic mass is 16.4. The maximum Gasteiger partial charge on any atom is 0.306 e. The summed E-state index contributed by atoms with van der Waals surface area (Å²) in [5.41, 5.74) is 2.10. The summed E-state index contributed by atoms with van der Waals surface area (Å²) in [6, 6.07) is 2.03. The molecule has 1 amide bonds. The highest BCUT2D eigenvalue weighted by molar-refractivity contribution is 6.05. The number of amides is 1. The van der Waals surface area contributed by atoms with Gasteiger partial charge in [-0.3, -0.25) is 9.59 Å². The summed E-state index contributed by atoms with van der Waals surface area (Å²) in [7, 11) is 0. The minimum Gasteiger partial charge on any atom is -0.481 e. The number of hydrogen-bond acceptors (Lipinski definition) is 4. The van der Waals surface area contributed by atoms with Gasteiger partial charge in [-0.2, -0.15) is 5.10 Å². The molecule has 0 aliphatic heterocycles. The molecule has 0 saturated heterocycles. The summed E-state index contributed by atoms with van der Waals surface area (Å²) in [5.74, 6) is -1.16. The quantitative estimate of drug-likeness (QED) is 0.856. The van der Waals surface area contributed by atoms with Gasteiger partial charge in [0.15, 0.2) is 5.65 Å². The molecule has 0 aromatic carbocycles. The zero-order valence-electron chi connectivity index (χ0n) is 15.5. The second-order valence-corrected chi connectivity index (χ2v) is 7.26. The number of aryl methyl sites for hydroxylation is 1. The molecular weight excluding hydrogens is 332 g/mol. The summed E-state index contributed by atoms with van der Waals surface area (Å²) in [6.45, 7) is 6.05. The number of nitrogens with zero attached hydrogens (tertiary/aromatic N) is 3. The van der Waals surface area contributed by atoms with Crippen LogP contribution in [-0.4, -0.2) is 37.8 Å². The number of carbonyl (C=O) groups is 2. The van der Waals surface area contributed by atoms with Crippen LogP contribution in [0.4, 0.5) is 0 Å². The molecule has 1 aliphatic rings. The van der Waals surface area contributed by atoms with Crippen molar-refractivity contribution in [1.29, 1.82) is 0 Å². The van der Waals surface area contributed by atoms with Crippen LogP contribution in [0.25, 0.3) is 11.0 Å². The van der Waals surface area contributed by atoms with Crippen molar-refractivity contribution in [3.8, 4) is 0 Å². The summed E-state index contributed by atoms with van der Waals surface area (Å²) >= 11 is 0. The largest absolute Gasteiger partial charge is 0.481 e. The van der Waals surface area contributed by atoms with E-state index in [0.717, 1.165) is 23.1 Å². The number of aromatic nitrogens is 3. The summed E-state index contributed by atoms with van der Waals surface area (Å²) in [4.78, 5) is 28.5. The Balaban J connectivity index is 1.80. The first-order valence-corrected chi connectivity index (χ1v) is 9.29. The van der Waals surface area contributed by atoms with E-state index in [4.69, 9.17) is 5.11 Å². The van der Waals surface area contributed by atoms with E-state index in [1.807, 2.05) is 11.6 Å². The molecule has 0 spiro atoms. The number of nitrogens with one attached hydrogen (secondary N) is 1. The van der Waals surface area contributed by atoms with E-state index in [1.165, 1.54) is 0 Å². The lowest BCUT2D eigenvalue weighted by Gasteiger charge is -2.26. The van der Waals surface area contributed by atoms with Gasteiger partial charge in [-0.25, -0.2) is 9.67 Å². The maximum absolute atomic E-state index is 12.9. The maximum atomic E-state index is 12.9. The summed E-state index contributed by atoms with van der Waals surface area (Å²) in [6.07, 6.45) is 5.25. The van der Waals surface area contributed by atoms with Crippen LogP contribution in [0.3, 0.4) is 0 Å². The Morgan fingerprint density at radius 1 is 1.35 bits per heavy atom. The van der Waals surface area contributed by atoms with E-state index in [0.29, 0.717) is 31.2 Å². The van der Waals surface area contributed by atoms with E-state index < -0.39 is 5.97 Å². The molecule has 1 aliphatic carbocycles. The lowest BCUT2D eigenvalue weighted by molar-refractivity contribution is -0.142. The van der Waals surface area contributed by atoms with Crippen LogP contribution < -0.4 is 5.32 Å². The first-order valence-electron chi connectivity index (χ1n) is 9.29. The van der Waals surface area contributed by atoms with Gasteiger partial charge in [0.25, 0.3) is 5.91 Å². The van der Waals surface area contributed by atoms with E-state index in [1.54, 1.807) is 12.3 Å². The smallest absolute Gasteiger partial charge is 0.306 e. The number of carboxylic acids is 1. The van der Waals surface area contributed by atoms with Gasteiger partial charge in [0, 0.05) is 11.7 Å². The molecule has 1 fully saturated rings. The topological polar surface area (TPSA) is 97.1 Å². The van der Waals surface area contributed by atoms with Crippen LogP contribution in [-0.2, 0) is 4.79 Å². The van der Waals surface area contributed by atoms with Crippen molar-refractivity contribution in [3.05, 3.63) is 23.5 Å². The summed E-state index contributed by atoms with van der Waals surface area (Å²) in [5, 5.41) is 17.4. The fourth-order valence-corrected chi connectivity index (χ4v) is 3.57. The standard InChI is InChI=1S/C19H26N4O3/c1-4-12(3)23-17-16(10-20-23)15(9-11(2)21-17)18(24)22-14-7-5-13(6-8-14)19(25)26/h9-10,12-14H,4-8H2,1-3H3,(H,22,24)(H,25,26). The number of pyridine rings is 1. The molecule has 1 unspecified atom stereocenters. The highest BCUT2D eigenvalue weighted by Crippen LogP contribution is 2.26. The SMILES string of the molecule is CCC(C)n1ncc2c(C(=O)NC3CCC(C(=O)O)CC3)cc(C)nc21. The van der Waals surface area contributed by atoms with Gasteiger partial charge < -0.3 is 10.4 Å². The van der Waals surface area contributed by atoms with Gasteiger partial charge in [-0.15, -0.1) is 0 Å². The molecule has 2 aromatic rings. The van der Waals surface area contributed by atoms with Gasteiger partial charge >= 0.3 is 5.97 Å². The Morgan fingerprint density at radius 2 is 2.04 bits per heavy atom. The fraction of sp³-hybridized carbons (Fsp3) is 0.579. The predicted molar refractivity (Wildman–Crippen MR) is 98.1 cm³/mol. The number of aliphatic carboxylic acids is 1. The van der Waals surface area contributed by atoms with Crippen molar-refractivity contribution in [3.63, 3.8) is 0 Å². The van der Waals surface area contributed by atoms with Crippen molar-refractivity contribution < 1.29 is 14.7 Å². The predicted octanol–water partition coefficient (Wildman–Crippen LogP) is 3.08. The van der Waals surface area contributed by atoms with Crippen molar-refractivity contribution in [2.24, 2.45) is 5.92 Å². The van der Waals surface area contributed by atoms with Crippen LogP contribution >= 0.6 is 0 Å². The van der Waals surface area contributed by atoms with Crippen molar-refractivity contribution in [2.45, 2.75) is 65.0 Å². The van der Waals surface area contributed by atoms with Gasteiger partial charge in [-0.05, 0) is 52.0 Å². The molecule has 0 radical (unpaired) electrons. The van der Waals surface area contributed by atoms with Crippen LogP contribution in [0, 0.1) is 12.8 Å². The Labute approximate surface area is 152 Å². The molecule has 1 atom stereocenters. The fourth-order valence-electron chi connectivity index (χ4n) is 3.57. The Hall–Kier alpha value is -2.44. The average Bonchev–Trinajstić information content (AvgIpc) is 3.04. The van der Waals surface area contributed by atoms with Crippen molar-refractivity contribution in [2.75, 3.05) is 0 Å². The molecule has 2 aromatic heterocycles. The van der Waals surface area contributed by atoms with Crippen molar-refractivity contribution >= 4 is 22.9 Å². The number of fused-ring (bicyclic) bond motifs is 1. The van der Waals surface area contributed by atoms with E-state index in [9.17, 15) is 9.59 Å². The number of carbonyl (C=O) groups excluding carboxylic acids is 1. The van der Waals surface area contributed by atoms with Crippen LogP contribution in [0.15, 0.2) is 12.3 Å². The third-order valence-corrected chi connectivity index (χ3v) is 5.36. The molecule has 3 rings (SSSR count). The number of hydrogen-bond donors (Lipinski definition) is 2. The Morgan fingerprint density at radius 3 is 2.65 bits per heavy atom. The zero-order valence-corrected chi connectivity index (χ0v) is 15.5. The first kappa shape index (κ1) is 18.4. The molecule has 2 heterocycles. The van der Waals surface area contributed by atoms with Gasteiger partial charge in [0.2, 0.25) is 0 Å². The number of carboxylic acid groups (broad SMARTS) is 1. The monoisotopic (exact) mass is 358 g/mol. The zero-order chi connectivity index (χ0) is 18.8. The van der Waals surface area contributed by atoms with Gasteiger partial charge in [0.1, 0.15) is 0 Å². The van der Waals surface area contributed by atoms with Crippen molar-refractivity contribution in [1.82, 2.24) is 20.1 Å². The summed E-state index contributed by atoms with van der Waals surface area (Å²) < 4.78 is 1.87. The number of rotatable bonds is 5. The molecule has 7 nitrogen and oxygen atoms in total. The minimum atomic E-state index is -0.737. The lowest BCUT2D eigenvalue weighted by Crippen LogP contribution is -2.38. The first-order chi connectivity index (χ1) is 12.4. The van der Waals surface area contributed by atoms with Gasteiger partial charge in [0.05, 0.1) is 29.1 Å². The highest BCUT2D eigenvalue weighted by Gasteiger charge is 2.27. The molecule has 1 saturated carbocycles.